The highest BCUT2D eigenvalue weighted by Gasteiger charge is 2.31. The SMILES string of the molecule is NC(=O)c1ccc(F)cc1C1CCNc2c(C3CC3)cccc21. The van der Waals surface area contributed by atoms with Gasteiger partial charge in [-0.05, 0) is 60.1 Å². The minimum atomic E-state index is -0.501. The zero-order valence-electron chi connectivity index (χ0n) is 12.8. The predicted molar refractivity (Wildman–Crippen MR) is 88.3 cm³/mol. The van der Waals surface area contributed by atoms with E-state index in [0.717, 1.165) is 18.5 Å². The van der Waals surface area contributed by atoms with Crippen molar-refractivity contribution in [2.45, 2.75) is 31.1 Å². The van der Waals surface area contributed by atoms with Crippen LogP contribution < -0.4 is 11.1 Å². The molecule has 1 heterocycles. The number of nitrogens with two attached hydrogens (primary N) is 1. The second-order valence-corrected chi connectivity index (χ2v) is 6.45. The van der Waals surface area contributed by atoms with Crippen LogP contribution in [-0.4, -0.2) is 12.5 Å². The molecule has 4 heteroatoms. The molecule has 3 nitrogen and oxygen atoms in total. The standard InChI is InChI=1S/C19H19FN2O/c20-12-6-7-16(19(21)23)17(10-12)14-8-9-22-18-13(11-4-5-11)2-1-3-15(14)18/h1-3,6-7,10-11,14,22H,4-5,8-9H2,(H2,21,23). The van der Waals surface area contributed by atoms with Crippen LogP contribution in [0.3, 0.4) is 0 Å². The van der Waals surface area contributed by atoms with Gasteiger partial charge in [0.05, 0.1) is 0 Å². The number of fused-ring (bicyclic) bond motifs is 1. The number of anilines is 1. The second kappa shape index (κ2) is 5.37. The molecule has 0 spiro atoms. The third-order valence-corrected chi connectivity index (χ3v) is 4.91. The van der Waals surface area contributed by atoms with Gasteiger partial charge in [0.2, 0.25) is 5.91 Å². The normalized spacial score (nSPS) is 19.8. The van der Waals surface area contributed by atoms with Gasteiger partial charge in [0.25, 0.3) is 0 Å². The molecule has 1 saturated carbocycles. The first-order valence-electron chi connectivity index (χ1n) is 8.11. The van der Waals surface area contributed by atoms with Crippen LogP contribution >= 0.6 is 0 Å². The summed E-state index contributed by atoms with van der Waals surface area (Å²) in [5.41, 5.74) is 10.3. The van der Waals surface area contributed by atoms with Gasteiger partial charge < -0.3 is 11.1 Å². The third-order valence-electron chi connectivity index (χ3n) is 4.91. The first-order chi connectivity index (χ1) is 11.1. The molecule has 2 aromatic carbocycles. The van der Waals surface area contributed by atoms with Crippen molar-refractivity contribution in [3.8, 4) is 0 Å². The van der Waals surface area contributed by atoms with Crippen LogP contribution in [0.25, 0.3) is 0 Å². The highest BCUT2D eigenvalue weighted by Crippen LogP contribution is 2.48. The van der Waals surface area contributed by atoms with E-state index in [9.17, 15) is 9.18 Å². The smallest absolute Gasteiger partial charge is 0.249 e. The Hall–Kier alpha value is -2.36. The molecule has 1 amide bonds. The lowest BCUT2D eigenvalue weighted by Crippen LogP contribution is -2.22. The molecule has 1 unspecified atom stereocenters. The first-order valence-corrected chi connectivity index (χ1v) is 8.11. The van der Waals surface area contributed by atoms with Crippen molar-refractivity contribution < 1.29 is 9.18 Å². The van der Waals surface area contributed by atoms with E-state index in [2.05, 4.69) is 23.5 Å². The van der Waals surface area contributed by atoms with Gasteiger partial charge in [-0.1, -0.05) is 18.2 Å². The highest BCUT2D eigenvalue weighted by atomic mass is 19.1. The van der Waals surface area contributed by atoms with E-state index in [1.807, 2.05) is 0 Å². The largest absolute Gasteiger partial charge is 0.385 e. The monoisotopic (exact) mass is 310 g/mol. The molecule has 23 heavy (non-hydrogen) atoms. The fraction of sp³-hybridized carbons (Fsp3) is 0.316. The molecule has 0 saturated heterocycles. The van der Waals surface area contributed by atoms with E-state index in [4.69, 9.17) is 5.73 Å². The summed E-state index contributed by atoms with van der Waals surface area (Å²) >= 11 is 0. The number of para-hydroxylation sites is 1. The van der Waals surface area contributed by atoms with Crippen molar-refractivity contribution in [3.05, 3.63) is 64.5 Å². The molecule has 0 radical (unpaired) electrons. The number of carbonyl (C=O) groups is 1. The maximum atomic E-state index is 13.8. The summed E-state index contributed by atoms with van der Waals surface area (Å²) in [6.45, 7) is 0.816. The van der Waals surface area contributed by atoms with Crippen LogP contribution in [0.5, 0.6) is 0 Å². The number of nitrogens with one attached hydrogen (secondary N) is 1. The van der Waals surface area contributed by atoms with E-state index in [0.29, 0.717) is 17.0 Å². The topological polar surface area (TPSA) is 55.1 Å². The van der Waals surface area contributed by atoms with Crippen LogP contribution in [0.4, 0.5) is 10.1 Å². The molecular weight excluding hydrogens is 291 g/mol. The Kier molecular flexibility index (Phi) is 3.33. The summed E-state index contributed by atoms with van der Waals surface area (Å²) in [6.07, 6.45) is 3.29. The average molecular weight is 310 g/mol. The lowest BCUT2D eigenvalue weighted by molar-refractivity contribution is 0.0999. The number of amides is 1. The van der Waals surface area contributed by atoms with E-state index < -0.39 is 5.91 Å². The van der Waals surface area contributed by atoms with E-state index in [1.54, 1.807) is 0 Å². The van der Waals surface area contributed by atoms with Gasteiger partial charge in [-0.25, -0.2) is 4.39 Å². The summed E-state index contributed by atoms with van der Waals surface area (Å²) in [6, 6.07) is 10.6. The van der Waals surface area contributed by atoms with Gasteiger partial charge in [0, 0.05) is 23.7 Å². The number of hydrogen-bond donors (Lipinski definition) is 2. The van der Waals surface area contributed by atoms with Crippen molar-refractivity contribution in [1.82, 2.24) is 0 Å². The number of halogens is 1. The first kappa shape index (κ1) is 14.2. The van der Waals surface area contributed by atoms with Crippen LogP contribution in [0.15, 0.2) is 36.4 Å². The van der Waals surface area contributed by atoms with Gasteiger partial charge >= 0.3 is 0 Å². The molecule has 0 bridgehead atoms. The molecule has 2 aromatic rings. The van der Waals surface area contributed by atoms with E-state index in [-0.39, 0.29) is 11.7 Å². The molecule has 0 aromatic heterocycles. The highest BCUT2D eigenvalue weighted by molar-refractivity contribution is 5.94. The van der Waals surface area contributed by atoms with Crippen molar-refractivity contribution in [3.63, 3.8) is 0 Å². The number of primary amides is 1. The van der Waals surface area contributed by atoms with Crippen LogP contribution in [0.1, 0.15) is 58.1 Å². The van der Waals surface area contributed by atoms with Gasteiger partial charge in [-0.2, -0.15) is 0 Å². The number of hydrogen-bond acceptors (Lipinski definition) is 2. The summed E-state index contributed by atoms with van der Waals surface area (Å²) in [5, 5.41) is 3.51. The Balaban J connectivity index is 1.85. The molecule has 1 fully saturated rings. The number of carbonyl (C=O) groups excluding carboxylic acids is 1. The molecule has 2 aliphatic rings. The second-order valence-electron chi connectivity index (χ2n) is 6.45. The van der Waals surface area contributed by atoms with Crippen molar-refractivity contribution >= 4 is 11.6 Å². The van der Waals surface area contributed by atoms with Gasteiger partial charge in [0.1, 0.15) is 5.82 Å². The van der Waals surface area contributed by atoms with Gasteiger partial charge in [-0.15, -0.1) is 0 Å². The maximum absolute atomic E-state index is 13.8. The van der Waals surface area contributed by atoms with Crippen molar-refractivity contribution in [1.29, 1.82) is 0 Å². The van der Waals surface area contributed by atoms with Crippen molar-refractivity contribution in [2.75, 3.05) is 11.9 Å². The van der Waals surface area contributed by atoms with Crippen molar-refractivity contribution in [2.24, 2.45) is 5.73 Å². The maximum Gasteiger partial charge on any atom is 0.249 e. The average Bonchev–Trinajstić information content (AvgIpc) is 3.38. The fourth-order valence-electron chi connectivity index (χ4n) is 3.68. The number of benzene rings is 2. The molecule has 1 aliphatic carbocycles. The fourth-order valence-corrected chi connectivity index (χ4v) is 3.68. The van der Waals surface area contributed by atoms with Crippen LogP contribution in [0, 0.1) is 5.82 Å². The minimum absolute atomic E-state index is 0.00292. The molecule has 3 N–H and O–H groups in total. The summed E-state index contributed by atoms with van der Waals surface area (Å²) < 4.78 is 13.8. The Morgan fingerprint density at radius 3 is 2.61 bits per heavy atom. The zero-order chi connectivity index (χ0) is 16.0. The lowest BCUT2D eigenvalue weighted by atomic mass is 9.81. The van der Waals surface area contributed by atoms with E-state index >= 15 is 0 Å². The van der Waals surface area contributed by atoms with Crippen LogP contribution in [-0.2, 0) is 0 Å². The predicted octanol–water partition coefficient (Wildman–Crippen LogP) is 3.75. The quantitative estimate of drug-likeness (QED) is 0.907. The molecule has 4 rings (SSSR count). The number of rotatable bonds is 3. The Labute approximate surface area is 134 Å². The molecule has 118 valence electrons. The Morgan fingerprint density at radius 2 is 1.87 bits per heavy atom. The lowest BCUT2D eigenvalue weighted by Gasteiger charge is -2.30. The zero-order valence-corrected chi connectivity index (χ0v) is 12.8. The minimum Gasteiger partial charge on any atom is -0.385 e. The van der Waals surface area contributed by atoms with Gasteiger partial charge in [0.15, 0.2) is 0 Å². The summed E-state index contributed by atoms with van der Waals surface area (Å²) in [5.74, 6) is -0.190. The summed E-state index contributed by atoms with van der Waals surface area (Å²) in [7, 11) is 0. The molecular formula is C19H19FN2O. The Morgan fingerprint density at radius 1 is 1.09 bits per heavy atom. The van der Waals surface area contributed by atoms with E-state index in [1.165, 1.54) is 42.3 Å². The Bertz CT molecular complexity index is 783. The van der Waals surface area contributed by atoms with Gasteiger partial charge in [-0.3, -0.25) is 4.79 Å². The van der Waals surface area contributed by atoms with Crippen LogP contribution in [0.2, 0.25) is 0 Å². The molecule has 1 aliphatic heterocycles. The molecule has 1 atom stereocenters. The third kappa shape index (κ3) is 2.48. The summed E-state index contributed by atoms with van der Waals surface area (Å²) in [4.78, 5) is 11.8.